The average molecular weight is 623 g/mol. The van der Waals surface area contributed by atoms with Gasteiger partial charge in [-0.2, -0.15) is 0 Å². The summed E-state index contributed by atoms with van der Waals surface area (Å²) in [7, 11) is 2.87. The van der Waals surface area contributed by atoms with Gasteiger partial charge in [-0.05, 0) is 67.9 Å². The number of fused-ring (bicyclic) bond motifs is 3. The number of ether oxygens (including phenoxy) is 2. The minimum Gasteiger partial charge on any atom is -0.502 e. The molecule has 2 aromatic carbocycles. The lowest BCUT2D eigenvalue weighted by Gasteiger charge is -2.42. The highest BCUT2D eigenvalue weighted by molar-refractivity contribution is 6.23. The van der Waals surface area contributed by atoms with Gasteiger partial charge in [0.2, 0.25) is 17.6 Å². The number of ketones is 2. The van der Waals surface area contributed by atoms with Crippen LogP contribution >= 0.6 is 0 Å². The van der Waals surface area contributed by atoms with Crippen molar-refractivity contribution in [3.63, 3.8) is 0 Å². The van der Waals surface area contributed by atoms with Gasteiger partial charge >= 0.3 is 0 Å². The first kappa shape index (κ1) is 30.2. The van der Waals surface area contributed by atoms with Crippen LogP contribution in [0.4, 0.5) is 0 Å². The van der Waals surface area contributed by atoms with Gasteiger partial charge in [0.1, 0.15) is 0 Å². The van der Waals surface area contributed by atoms with Crippen LogP contribution in [-0.2, 0) is 25.7 Å². The van der Waals surface area contributed by atoms with Crippen molar-refractivity contribution in [1.82, 2.24) is 9.80 Å². The number of carbonyl (C=O) groups excluding carboxylic acids is 4. The Morgan fingerprint density at radius 3 is 2.24 bits per heavy atom. The van der Waals surface area contributed by atoms with Gasteiger partial charge in [0.15, 0.2) is 23.1 Å². The number of carbonyl (C=O) groups is 4. The molecule has 7 rings (SSSR count). The number of benzene rings is 2. The molecule has 2 saturated heterocycles. The summed E-state index contributed by atoms with van der Waals surface area (Å²) in [6.07, 6.45) is 5.43. The van der Waals surface area contributed by atoms with Crippen LogP contribution in [0.25, 0.3) is 0 Å². The zero-order valence-electron chi connectivity index (χ0n) is 26.3. The fourth-order valence-electron chi connectivity index (χ4n) is 8.40. The normalized spacial score (nSPS) is 26.8. The van der Waals surface area contributed by atoms with Crippen LogP contribution in [0.5, 0.6) is 17.2 Å². The molecule has 9 nitrogen and oxygen atoms in total. The van der Waals surface area contributed by atoms with Crippen molar-refractivity contribution < 1.29 is 33.8 Å². The maximum absolute atomic E-state index is 14.3. The topological polar surface area (TPSA) is 113 Å². The Bertz CT molecular complexity index is 1710. The lowest BCUT2D eigenvalue weighted by Crippen LogP contribution is -2.47. The van der Waals surface area contributed by atoms with Crippen LogP contribution in [0.1, 0.15) is 49.7 Å². The number of methoxy groups -OCH3 is 2. The summed E-state index contributed by atoms with van der Waals surface area (Å²) < 4.78 is 10.9. The van der Waals surface area contributed by atoms with E-state index >= 15 is 0 Å². The summed E-state index contributed by atoms with van der Waals surface area (Å²) >= 11 is 0. The van der Waals surface area contributed by atoms with E-state index in [1.165, 1.54) is 30.8 Å². The summed E-state index contributed by atoms with van der Waals surface area (Å²) in [4.78, 5) is 59.4. The number of Topliss-reactive ketones (excluding diaryl/α,β-unsaturated/α-hetero) is 1. The van der Waals surface area contributed by atoms with E-state index < -0.39 is 23.7 Å². The first-order valence-electron chi connectivity index (χ1n) is 16.0. The monoisotopic (exact) mass is 622 g/mol. The van der Waals surface area contributed by atoms with Crippen molar-refractivity contribution in [2.24, 2.45) is 17.8 Å². The smallest absolute Gasteiger partial charge is 0.233 e. The predicted octanol–water partition coefficient (Wildman–Crippen LogP) is 4.50. The van der Waals surface area contributed by atoms with Crippen molar-refractivity contribution in [2.75, 3.05) is 27.3 Å². The van der Waals surface area contributed by atoms with E-state index in [1.807, 2.05) is 24.3 Å². The highest BCUT2D eigenvalue weighted by Gasteiger charge is 2.57. The van der Waals surface area contributed by atoms with E-state index in [4.69, 9.17) is 9.47 Å². The molecule has 2 aromatic rings. The molecular weight excluding hydrogens is 584 g/mol. The summed E-state index contributed by atoms with van der Waals surface area (Å²) in [5, 5.41) is 10.6. The summed E-state index contributed by atoms with van der Waals surface area (Å²) in [5.41, 5.74) is 3.85. The maximum Gasteiger partial charge on any atom is 0.233 e. The highest BCUT2D eigenvalue weighted by atomic mass is 16.5. The Morgan fingerprint density at radius 2 is 1.59 bits per heavy atom. The second-order valence-electron chi connectivity index (χ2n) is 13.0. The number of rotatable bonds is 6. The van der Waals surface area contributed by atoms with Crippen molar-refractivity contribution in [3.05, 3.63) is 88.0 Å². The largest absolute Gasteiger partial charge is 0.502 e. The highest BCUT2D eigenvalue weighted by Crippen LogP contribution is 2.56. The Kier molecular flexibility index (Phi) is 7.67. The number of phenolic OH excluding ortho intramolecular Hbond substituents is 1. The number of allylic oxidation sites excluding steroid dienone is 6. The standard InChI is InChI=1S/C37H38N2O7/c1-20-15-28(40)33-27(34(20)41)18-26-24(31(33)22-16-29(45-2)35(42)30(17-22)46-3)9-10-25-32(26)37(44)39(36(25)43)23-11-13-38(14-12-23)19-21-7-5-4-6-8-21/h4-9,15-17,23,25-26,31-32,42H,10-14,18-19H2,1-3H3/t25-,26+,31-,32-/m0/s1. The zero-order chi connectivity index (χ0) is 32.3. The molecule has 1 N–H and O–H groups in total. The number of imide groups is 1. The van der Waals surface area contributed by atoms with Crippen molar-refractivity contribution in [2.45, 2.75) is 51.1 Å². The lowest BCUT2D eigenvalue weighted by molar-refractivity contribution is -0.144. The Morgan fingerprint density at radius 1 is 0.913 bits per heavy atom. The molecule has 0 radical (unpaired) electrons. The molecule has 0 spiro atoms. The van der Waals surface area contributed by atoms with Crippen LogP contribution in [0, 0.1) is 17.8 Å². The third-order valence-corrected chi connectivity index (χ3v) is 10.6. The number of hydrogen-bond acceptors (Lipinski definition) is 8. The molecule has 4 atom stereocenters. The number of amides is 2. The van der Waals surface area contributed by atoms with Crippen molar-refractivity contribution >= 4 is 23.4 Å². The van der Waals surface area contributed by atoms with Crippen molar-refractivity contribution in [3.8, 4) is 17.2 Å². The van der Waals surface area contributed by atoms with Gasteiger partial charge in [0.25, 0.3) is 0 Å². The first-order valence-corrected chi connectivity index (χ1v) is 16.0. The second kappa shape index (κ2) is 11.7. The fraction of sp³-hybridized carbons (Fsp3) is 0.405. The van der Waals surface area contributed by atoms with Crippen LogP contribution in [0.3, 0.4) is 0 Å². The number of likely N-dealkylation sites (tertiary alicyclic amines) is 2. The molecule has 2 heterocycles. The number of phenols is 1. The minimum absolute atomic E-state index is 0.127. The Balaban J connectivity index is 1.21. The van der Waals surface area contributed by atoms with E-state index in [1.54, 1.807) is 19.1 Å². The van der Waals surface area contributed by atoms with Crippen LogP contribution in [-0.4, -0.2) is 71.6 Å². The predicted molar refractivity (Wildman–Crippen MR) is 169 cm³/mol. The third-order valence-electron chi connectivity index (χ3n) is 10.6. The molecule has 46 heavy (non-hydrogen) atoms. The molecule has 0 unspecified atom stereocenters. The molecule has 0 saturated carbocycles. The van der Waals surface area contributed by atoms with Crippen LogP contribution < -0.4 is 9.47 Å². The maximum atomic E-state index is 14.3. The molecule has 2 aliphatic heterocycles. The SMILES string of the molecule is COc1cc([C@H]2C3=CC[C@@H]4C(=O)N(C5CCN(Cc6ccccc6)CC5)C(=O)[C@@H]4[C@@H]3CC3=C2C(=O)C=C(C)C3=O)cc(OC)c1O. The third kappa shape index (κ3) is 4.80. The molecule has 238 valence electrons. The number of hydrogen-bond donors (Lipinski definition) is 1. The molecule has 9 heteroatoms. The molecule has 2 amide bonds. The molecule has 5 aliphatic rings. The zero-order valence-corrected chi connectivity index (χ0v) is 26.3. The van der Waals surface area contributed by atoms with Crippen LogP contribution in [0.2, 0.25) is 0 Å². The van der Waals surface area contributed by atoms with Gasteiger partial charge in [0.05, 0.1) is 26.1 Å². The van der Waals surface area contributed by atoms with Crippen molar-refractivity contribution in [1.29, 1.82) is 0 Å². The van der Waals surface area contributed by atoms with Gasteiger partial charge in [-0.1, -0.05) is 42.0 Å². The Hall–Kier alpha value is -4.50. The lowest BCUT2D eigenvalue weighted by atomic mass is 9.59. The summed E-state index contributed by atoms with van der Waals surface area (Å²) in [6.45, 7) is 4.06. The van der Waals surface area contributed by atoms with Gasteiger partial charge in [-0.3, -0.25) is 29.0 Å². The van der Waals surface area contributed by atoms with E-state index in [0.29, 0.717) is 28.7 Å². The Labute approximate surface area is 268 Å². The molecule has 3 aliphatic carbocycles. The fourth-order valence-corrected chi connectivity index (χ4v) is 8.40. The molecule has 2 fully saturated rings. The quantitative estimate of drug-likeness (QED) is 0.285. The van der Waals surface area contributed by atoms with Gasteiger partial charge < -0.3 is 14.6 Å². The number of piperidine rings is 1. The van der Waals surface area contributed by atoms with E-state index in [0.717, 1.165) is 38.0 Å². The summed E-state index contributed by atoms with van der Waals surface area (Å²) in [5.74, 6) is -2.76. The number of nitrogens with zero attached hydrogens (tertiary/aromatic N) is 2. The van der Waals surface area contributed by atoms with E-state index in [2.05, 4.69) is 17.0 Å². The molecule has 0 bridgehead atoms. The van der Waals surface area contributed by atoms with Gasteiger partial charge in [-0.25, -0.2) is 0 Å². The number of aromatic hydroxyl groups is 1. The minimum atomic E-state index is -0.655. The van der Waals surface area contributed by atoms with Crippen LogP contribution in [0.15, 0.2) is 76.9 Å². The molecule has 0 aromatic heterocycles. The molecular formula is C37H38N2O7. The second-order valence-corrected chi connectivity index (χ2v) is 13.0. The van der Waals surface area contributed by atoms with E-state index in [9.17, 15) is 24.3 Å². The van der Waals surface area contributed by atoms with E-state index in [-0.39, 0.29) is 53.1 Å². The van der Waals surface area contributed by atoms with Gasteiger partial charge in [-0.15, -0.1) is 0 Å². The summed E-state index contributed by atoms with van der Waals surface area (Å²) in [6, 6.07) is 13.4. The average Bonchev–Trinajstić information content (AvgIpc) is 3.33. The van der Waals surface area contributed by atoms with Gasteiger partial charge in [0, 0.05) is 48.3 Å². The first-order chi connectivity index (χ1) is 22.2.